The Bertz CT molecular complexity index is 583. The van der Waals surface area contributed by atoms with Crippen LogP contribution in [0.25, 0.3) is 0 Å². The maximum atomic E-state index is 6.21. The molecule has 0 amide bonds. The van der Waals surface area contributed by atoms with Crippen LogP contribution in [0, 0.1) is 0 Å². The number of fused-ring (bicyclic) bond motifs is 1. The molecule has 20 heavy (non-hydrogen) atoms. The van der Waals surface area contributed by atoms with Gasteiger partial charge in [-0.2, -0.15) is 0 Å². The highest BCUT2D eigenvalue weighted by Crippen LogP contribution is 2.38. The van der Waals surface area contributed by atoms with Gasteiger partial charge < -0.3 is 19.2 Å². The maximum Gasteiger partial charge on any atom is 0.179 e. The molecule has 1 aliphatic heterocycles. The number of hydrogen-bond donors (Lipinski definition) is 1. The van der Waals surface area contributed by atoms with E-state index in [9.17, 15) is 0 Å². The fraction of sp³-hybridized carbons (Fsp3) is 0.333. The molecule has 2 heterocycles. The van der Waals surface area contributed by atoms with E-state index < -0.39 is 0 Å². The van der Waals surface area contributed by atoms with Gasteiger partial charge in [-0.25, -0.2) is 0 Å². The van der Waals surface area contributed by atoms with Gasteiger partial charge in [0.1, 0.15) is 19.0 Å². The predicted octanol–water partition coefficient (Wildman–Crippen LogP) is 3.56. The van der Waals surface area contributed by atoms with E-state index in [0.717, 1.165) is 11.3 Å². The predicted molar refractivity (Wildman–Crippen MR) is 76.4 cm³/mol. The van der Waals surface area contributed by atoms with Crippen LogP contribution in [0.15, 0.2) is 34.9 Å². The molecule has 3 rings (SSSR count). The van der Waals surface area contributed by atoms with E-state index in [-0.39, 0.29) is 6.04 Å². The monoisotopic (exact) mass is 293 g/mol. The molecule has 1 N–H and O–H groups in total. The number of furan rings is 1. The smallest absolute Gasteiger partial charge is 0.179 e. The van der Waals surface area contributed by atoms with Crippen LogP contribution < -0.4 is 14.8 Å². The minimum absolute atomic E-state index is 0.136. The van der Waals surface area contributed by atoms with Gasteiger partial charge >= 0.3 is 0 Å². The van der Waals surface area contributed by atoms with Crippen LogP contribution in [-0.2, 0) is 6.54 Å². The van der Waals surface area contributed by atoms with Gasteiger partial charge in [0.25, 0.3) is 0 Å². The number of hydrogen-bond acceptors (Lipinski definition) is 4. The van der Waals surface area contributed by atoms with Crippen molar-refractivity contribution in [3.63, 3.8) is 0 Å². The second-order valence-corrected chi connectivity index (χ2v) is 5.13. The van der Waals surface area contributed by atoms with Crippen molar-refractivity contribution >= 4 is 11.6 Å². The highest BCUT2D eigenvalue weighted by molar-refractivity contribution is 6.32. The standard InChI is InChI=1S/C15H16ClNO3/c1-10(13-3-2-4-18-13)17-9-11-7-12(16)15-14(8-11)19-5-6-20-15/h2-4,7-8,10,17H,5-6,9H2,1H3/t10-/m0/s1. The molecular formula is C15H16ClNO3. The summed E-state index contributed by atoms with van der Waals surface area (Å²) in [4.78, 5) is 0. The lowest BCUT2D eigenvalue weighted by atomic mass is 10.1. The molecule has 1 aliphatic rings. The molecule has 5 heteroatoms. The van der Waals surface area contributed by atoms with E-state index in [1.807, 2.05) is 24.3 Å². The zero-order valence-corrected chi connectivity index (χ0v) is 11.9. The average molecular weight is 294 g/mol. The van der Waals surface area contributed by atoms with Gasteiger partial charge in [-0.1, -0.05) is 11.6 Å². The SMILES string of the molecule is C[C@H](NCc1cc(Cl)c2c(c1)OCCO2)c1ccco1. The Balaban J connectivity index is 1.70. The van der Waals surface area contributed by atoms with Crippen molar-refractivity contribution < 1.29 is 13.9 Å². The minimum Gasteiger partial charge on any atom is -0.486 e. The lowest BCUT2D eigenvalue weighted by molar-refractivity contribution is 0.171. The highest BCUT2D eigenvalue weighted by atomic mass is 35.5. The van der Waals surface area contributed by atoms with Crippen molar-refractivity contribution in [3.8, 4) is 11.5 Å². The van der Waals surface area contributed by atoms with E-state index in [0.29, 0.717) is 36.3 Å². The van der Waals surface area contributed by atoms with Gasteiger partial charge in [0.05, 0.1) is 17.3 Å². The molecule has 0 unspecified atom stereocenters. The van der Waals surface area contributed by atoms with E-state index in [1.165, 1.54) is 0 Å². The minimum atomic E-state index is 0.136. The number of halogens is 1. The lowest BCUT2D eigenvalue weighted by Gasteiger charge is -2.20. The average Bonchev–Trinajstić information content (AvgIpc) is 2.99. The Morgan fingerprint density at radius 2 is 2.15 bits per heavy atom. The second kappa shape index (κ2) is 5.77. The van der Waals surface area contributed by atoms with Gasteiger partial charge in [-0.05, 0) is 36.8 Å². The third-order valence-corrected chi connectivity index (χ3v) is 3.52. The van der Waals surface area contributed by atoms with Crippen LogP contribution in [0.4, 0.5) is 0 Å². The fourth-order valence-corrected chi connectivity index (χ4v) is 2.46. The van der Waals surface area contributed by atoms with E-state index in [1.54, 1.807) is 6.26 Å². The first-order valence-electron chi connectivity index (χ1n) is 6.59. The van der Waals surface area contributed by atoms with E-state index in [4.69, 9.17) is 25.5 Å². The summed E-state index contributed by atoms with van der Waals surface area (Å²) in [5.74, 6) is 2.26. The summed E-state index contributed by atoms with van der Waals surface area (Å²) in [6.07, 6.45) is 1.68. The first kappa shape index (κ1) is 13.3. The summed E-state index contributed by atoms with van der Waals surface area (Å²) in [7, 11) is 0. The van der Waals surface area contributed by atoms with Gasteiger partial charge in [-0.15, -0.1) is 0 Å². The van der Waals surface area contributed by atoms with Gasteiger partial charge in [-0.3, -0.25) is 0 Å². The van der Waals surface area contributed by atoms with Crippen molar-refractivity contribution in [2.24, 2.45) is 0 Å². The van der Waals surface area contributed by atoms with Crippen LogP contribution in [-0.4, -0.2) is 13.2 Å². The Morgan fingerprint density at radius 1 is 1.30 bits per heavy atom. The zero-order chi connectivity index (χ0) is 13.9. The Labute approximate surface area is 122 Å². The molecule has 0 spiro atoms. The van der Waals surface area contributed by atoms with Crippen LogP contribution in [0.3, 0.4) is 0 Å². The summed E-state index contributed by atoms with van der Waals surface area (Å²) in [5, 5.41) is 3.97. The summed E-state index contributed by atoms with van der Waals surface area (Å²) < 4.78 is 16.4. The van der Waals surface area contributed by atoms with Gasteiger partial charge in [0.15, 0.2) is 11.5 Å². The van der Waals surface area contributed by atoms with E-state index in [2.05, 4.69) is 12.2 Å². The number of benzene rings is 1. The lowest BCUT2D eigenvalue weighted by Crippen LogP contribution is -2.19. The molecule has 1 atom stereocenters. The molecule has 4 nitrogen and oxygen atoms in total. The summed E-state index contributed by atoms with van der Waals surface area (Å²) >= 11 is 6.21. The Kier molecular flexibility index (Phi) is 3.85. The van der Waals surface area contributed by atoms with Crippen LogP contribution in [0.2, 0.25) is 5.02 Å². The number of rotatable bonds is 4. The molecule has 0 radical (unpaired) electrons. The van der Waals surface area contributed by atoms with Gasteiger partial charge in [0.2, 0.25) is 0 Å². The normalized spacial score (nSPS) is 15.1. The first-order valence-corrected chi connectivity index (χ1v) is 6.96. The Morgan fingerprint density at radius 3 is 2.95 bits per heavy atom. The summed E-state index contributed by atoms with van der Waals surface area (Å²) in [6, 6.07) is 7.83. The molecule has 1 aromatic heterocycles. The van der Waals surface area contributed by atoms with Crippen molar-refractivity contribution in [3.05, 3.63) is 46.9 Å². The van der Waals surface area contributed by atoms with Crippen molar-refractivity contribution in [1.29, 1.82) is 0 Å². The highest BCUT2D eigenvalue weighted by Gasteiger charge is 2.17. The third-order valence-electron chi connectivity index (χ3n) is 3.24. The molecular weight excluding hydrogens is 278 g/mol. The number of ether oxygens (including phenoxy) is 2. The molecule has 1 aromatic carbocycles. The van der Waals surface area contributed by atoms with Crippen LogP contribution in [0.1, 0.15) is 24.3 Å². The Hall–Kier alpha value is -1.65. The topological polar surface area (TPSA) is 43.6 Å². The molecule has 0 saturated heterocycles. The van der Waals surface area contributed by atoms with Crippen LogP contribution in [0.5, 0.6) is 11.5 Å². The van der Waals surface area contributed by atoms with Crippen LogP contribution >= 0.6 is 11.6 Å². The zero-order valence-electron chi connectivity index (χ0n) is 11.2. The first-order chi connectivity index (χ1) is 9.74. The largest absolute Gasteiger partial charge is 0.486 e. The summed E-state index contributed by atoms with van der Waals surface area (Å²) in [6.45, 7) is 3.83. The maximum absolute atomic E-state index is 6.21. The molecule has 0 fully saturated rings. The van der Waals surface area contributed by atoms with Gasteiger partial charge in [0, 0.05) is 6.54 Å². The summed E-state index contributed by atoms with van der Waals surface area (Å²) in [5.41, 5.74) is 1.05. The van der Waals surface area contributed by atoms with E-state index >= 15 is 0 Å². The molecule has 0 aliphatic carbocycles. The molecule has 0 bridgehead atoms. The van der Waals surface area contributed by atoms with Crippen molar-refractivity contribution in [1.82, 2.24) is 5.32 Å². The third kappa shape index (κ3) is 2.76. The molecule has 106 valence electrons. The molecule has 0 saturated carbocycles. The fourth-order valence-electron chi connectivity index (χ4n) is 2.18. The second-order valence-electron chi connectivity index (χ2n) is 4.72. The molecule has 2 aromatic rings. The van der Waals surface area contributed by atoms with Crippen molar-refractivity contribution in [2.45, 2.75) is 19.5 Å². The quantitative estimate of drug-likeness (QED) is 0.936. The number of nitrogens with one attached hydrogen (secondary N) is 1. The van der Waals surface area contributed by atoms with Crippen molar-refractivity contribution in [2.75, 3.05) is 13.2 Å².